The Kier molecular flexibility index (Phi) is 4.85. The Balaban J connectivity index is 2.78. The Morgan fingerprint density at radius 1 is 1.37 bits per heavy atom. The van der Waals surface area contributed by atoms with Gasteiger partial charge in [-0.25, -0.2) is 0 Å². The minimum Gasteiger partial charge on any atom is -0.394 e. The summed E-state index contributed by atoms with van der Waals surface area (Å²) in [7, 11) is 6.12. The molecular formula is C14H29N5. The van der Waals surface area contributed by atoms with E-state index in [0.717, 1.165) is 30.3 Å². The van der Waals surface area contributed by atoms with Gasteiger partial charge < -0.3 is 16.0 Å². The number of nitrogen functional groups attached to an aromatic ring is 1. The highest BCUT2D eigenvalue weighted by Crippen LogP contribution is 2.28. The Bertz CT molecular complexity index is 418. The molecule has 1 heterocycles. The molecule has 0 amide bonds. The van der Waals surface area contributed by atoms with Gasteiger partial charge in [0.25, 0.3) is 0 Å². The summed E-state index contributed by atoms with van der Waals surface area (Å²) in [6.07, 6.45) is 0. The highest BCUT2D eigenvalue weighted by Gasteiger charge is 2.21. The maximum Gasteiger partial charge on any atom is 0.147 e. The van der Waals surface area contributed by atoms with Crippen LogP contribution < -0.4 is 11.1 Å². The molecule has 0 aliphatic rings. The van der Waals surface area contributed by atoms with Gasteiger partial charge in [0.15, 0.2) is 0 Å². The van der Waals surface area contributed by atoms with Crippen LogP contribution in [0.1, 0.15) is 39.3 Å². The van der Waals surface area contributed by atoms with Crippen LogP contribution >= 0.6 is 0 Å². The van der Waals surface area contributed by atoms with Crippen molar-refractivity contribution in [3.63, 3.8) is 0 Å². The molecule has 3 N–H and O–H groups in total. The van der Waals surface area contributed by atoms with Crippen molar-refractivity contribution in [2.24, 2.45) is 12.5 Å². The lowest BCUT2D eigenvalue weighted by Crippen LogP contribution is -2.34. The quantitative estimate of drug-likeness (QED) is 0.829. The van der Waals surface area contributed by atoms with E-state index in [-0.39, 0.29) is 5.41 Å². The number of hydrogen-bond acceptors (Lipinski definition) is 4. The van der Waals surface area contributed by atoms with E-state index in [1.54, 1.807) is 0 Å². The predicted octanol–water partition coefficient (Wildman–Crippen LogP) is 2.13. The SMILES string of the molecule is CC(C)c1nn(C)c(NCC(C)(C)CN(C)C)c1N. The monoisotopic (exact) mass is 267 g/mol. The highest BCUT2D eigenvalue weighted by atomic mass is 15.3. The van der Waals surface area contributed by atoms with E-state index in [0.29, 0.717) is 5.92 Å². The van der Waals surface area contributed by atoms with Gasteiger partial charge >= 0.3 is 0 Å². The van der Waals surface area contributed by atoms with Crippen LogP contribution in [0, 0.1) is 5.41 Å². The summed E-state index contributed by atoms with van der Waals surface area (Å²) in [5.41, 5.74) is 8.10. The van der Waals surface area contributed by atoms with Crippen LogP contribution in [0.3, 0.4) is 0 Å². The first kappa shape index (κ1) is 15.8. The van der Waals surface area contributed by atoms with E-state index in [9.17, 15) is 0 Å². The second kappa shape index (κ2) is 5.82. The van der Waals surface area contributed by atoms with Crippen molar-refractivity contribution in [2.45, 2.75) is 33.6 Å². The first-order valence-corrected chi connectivity index (χ1v) is 6.85. The summed E-state index contributed by atoms with van der Waals surface area (Å²) in [6.45, 7) is 10.6. The van der Waals surface area contributed by atoms with Crippen molar-refractivity contribution >= 4 is 11.5 Å². The number of nitrogens with one attached hydrogen (secondary N) is 1. The first-order valence-electron chi connectivity index (χ1n) is 6.85. The van der Waals surface area contributed by atoms with Gasteiger partial charge in [0, 0.05) is 20.1 Å². The van der Waals surface area contributed by atoms with Gasteiger partial charge in [0.1, 0.15) is 5.82 Å². The van der Waals surface area contributed by atoms with Crippen molar-refractivity contribution in [2.75, 3.05) is 38.2 Å². The summed E-state index contributed by atoms with van der Waals surface area (Å²) < 4.78 is 1.84. The molecule has 0 fully saturated rings. The van der Waals surface area contributed by atoms with Crippen LogP contribution in [0.2, 0.25) is 0 Å². The highest BCUT2D eigenvalue weighted by molar-refractivity contribution is 5.65. The minimum absolute atomic E-state index is 0.179. The van der Waals surface area contributed by atoms with E-state index in [1.165, 1.54) is 0 Å². The molecule has 0 atom stereocenters. The molecule has 1 aromatic heterocycles. The standard InChI is InChI=1S/C14H29N5/c1-10(2)12-11(15)13(19(7)17-12)16-8-14(3,4)9-18(5)6/h10,16H,8-9,15H2,1-7H3. The second-order valence-corrected chi connectivity index (χ2v) is 6.68. The summed E-state index contributed by atoms with van der Waals surface area (Å²) in [5, 5.41) is 7.94. The summed E-state index contributed by atoms with van der Waals surface area (Å²) in [6, 6.07) is 0. The molecule has 0 unspecified atom stereocenters. The fraction of sp³-hybridized carbons (Fsp3) is 0.786. The minimum atomic E-state index is 0.179. The van der Waals surface area contributed by atoms with Crippen LogP contribution in [0.5, 0.6) is 0 Å². The molecule has 19 heavy (non-hydrogen) atoms. The topological polar surface area (TPSA) is 59.1 Å². The van der Waals surface area contributed by atoms with Crippen LogP contribution in [0.15, 0.2) is 0 Å². The molecule has 0 aliphatic carbocycles. The van der Waals surface area contributed by atoms with E-state index >= 15 is 0 Å². The fourth-order valence-corrected chi connectivity index (χ4v) is 2.43. The lowest BCUT2D eigenvalue weighted by atomic mass is 9.93. The van der Waals surface area contributed by atoms with Crippen molar-refractivity contribution in [3.8, 4) is 0 Å². The number of aryl methyl sites for hydroxylation is 1. The number of anilines is 2. The maximum absolute atomic E-state index is 6.18. The Hall–Kier alpha value is -1.23. The molecule has 0 bridgehead atoms. The fourth-order valence-electron chi connectivity index (χ4n) is 2.43. The van der Waals surface area contributed by atoms with Crippen molar-refractivity contribution in [3.05, 3.63) is 5.69 Å². The van der Waals surface area contributed by atoms with Crippen LogP contribution in [-0.4, -0.2) is 41.9 Å². The second-order valence-electron chi connectivity index (χ2n) is 6.68. The number of nitrogens with two attached hydrogens (primary N) is 1. The molecule has 0 saturated heterocycles. The van der Waals surface area contributed by atoms with E-state index < -0.39 is 0 Å². The third-order valence-corrected chi connectivity index (χ3v) is 3.14. The lowest BCUT2D eigenvalue weighted by Gasteiger charge is -2.28. The van der Waals surface area contributed by atoms with Crippen molar-refractivity contribution < 1.29 is 0 Å². The third kappa shape index (κ3) is 4.13. The molecule has 0 spiro atoms. The zero-order valence-corrected chi connectivity index (χ0v) is 13.4. The van der Waals surface area contributed by atoms with Crippen LogP contribution in [0.25, 0.3) is 0 Å². The first-order chi connectivity index (χ1) is 8.64. The van der Waals surface area contributed by atoms with Crippen LogP contribution in [-0.2, 0) is 7.05 Å². The molecule has 0 aliphatic heterocycles. The number of aromatic nitrogens is 2. The molecule has 1 rings (SSSR count). The summed E-state index contributed by atoms with van der Waals surface area (Å²) >= 11 is 0. The van der Waals surface area contributed by atoms with Gasteiger partial charge in [-0.2, -0.15) is 5.10 Å². The molecular weight excluding hydrogens is 238 g/mol. The molecule has 5 nitrogen and oxygen atoms in total. The van der Waals surface area contributed by atoms with Gasteiger partial charge in [-0.05, 0) is 25.4 Å². The molecule has 1 aromatic rings. The summed E-state index contributed by atoms with van der Waals surface area (Å²) in [5.74, 6) is 1.27. The smallest absolute Gasteiger partial charge is 0.147 e. The van der Waals surface area contributed by atoms with Crippen molar-refractivity contribution in [1.29, 1.82) is 0 Å². The Morgan fingerprint density at radius 2 is 1.95 bits per heavy atom. The van der Waals surface area contributed by atoms with E-state index in [2.05, 4.69) is 57.1 Å². The van der Waals surface area contributed by atoms with E-state index in [4.69, 9.17) is 5.73 Å². The van der Waals surface area contributed by atoms with Gasteiger partial charge in [0.05, 0.1) is 11.4 Å². The van der Waals surface area contributed by atoms with Gasteiger partial charge in [-0.3, -0.25) is 4.68 Å². The van der Waals surface area contributed by atoms with E-state index in [1.807, 2.05) is 11.7 Å². The molecule has 0 saturated carbocycles. The van der Waals surface area contributed by atoms with Gasteiger partial charge in [-0.1, -0.05) is 27.7 Å². The average molecular weight is 267 g/mol. The van der Waals surface area contributed by atoms with Gasteiger partial charge in [0.2, 0.25) is 0 Å². The largest absolute Gasteiger partial charge is 0.394 e. The number of rotatable bonds is 6. The molecule has 5 heteroatoms. The lowest BCUT2D eigenvalue weighted by molar-refractivity contribution is 0.254. The predicted molar refractivity (Wildman–Crippen MR) is 82.5 cm³/mol. The van der Waals surface area contributed by atoms with Crippen molar-refractivity contribution in [1.82, 2.24) is 14.7 Å². The zero-order valence-electron chi connectivity index (χ0n) is 13.4. The molecule has 110 valence electrons. The number of nitrogens with zero attached hydrogens (tertiary/aromatic N) is 3. The van der Waals surface area contributed by atoms with Gasteiger partial charge in [-0.15, -0.1) is 0 Å². The Labute approximate surface area is 117 Å². The number of hydrogen-bond donors (Lipinski definition) is 2. The zero-order chi connectivity index (χ0) is 14.8. The Morgan fingerprint density at radius 3 is 2.37 bits per heavy atom. The molecule has 0 aromatic carbocycles. The maximum atomic E-state index is 6.18. The normalized spacial score (nSPS) is 12.5. The third-order valence-electron chi connectivity index (χ3n) is 3.14. The molecule has 0 radical (unpaired) electrons. The van der Waals surface area contributed by atoms with Crippen LogP contribution in [0.4, 0.5) is 11.5 Å². The summed E-state index contributed by atoms with van der Waals surface area (Å²) in [4.78, 5) is 2.20. The average Bonchev–Trinajstić information content (AvgIpc) is 2.50.